The van der Waals surface area contributed by atoms with E-state index in [-0.39, 0.29) is 0 Å². The number of benzene rings is 1. The van der Waals surface area contributed by atoms with Crippen molar-refractivity contribution in [2.24, 2.45) is 0 Å². The fraction of sp³-hybridized carbons (Fsp3) is 0.308. The van der Waals surface area contributed by atoms with Gasteiger partial charge in [0, 0.05) is 16.9 Å². The number of nitrogens with zero attached hydrogens (tertiary/aromatic N) is 1. The van der Waals surface area contributed by atoms with Crippen LogP contribution < -0.4 is 4.74 Å². The van der Waals surface area contributed by atoms with Crippen LogP contribution in [0.25, 0.3) is 11.3 Å². The van der Waals surface area contributed by atoms with Crippen LogP contribution in [0.4, 0.5) is 0 Å². The Labute approximate surface area is 106 Å². The molecule has 0 unspecified atom stereocenters. The molecular weight excluding hydrogens is 232 g/mol. The Balaban J connectivity index is 2.23. The number of methoxy groups -OCH3 is 1. The average Bonchev–Trinajstić information content (AvgIpc) is 2.84. The van der Waals surface area contributed by atoms with E-state index in [2.05, 4.69) is 17.1 Å². The third-order valence-corrected chi connectivity index (χ3v) is 3.48. The van der Waals surface area contributed by atoms with Crippen molar-refractivity contribution in [3.8, 4) is 17.0 Å². The summed E-state index contributed by atoms with van der Waals surface area (Å²) < 4.78 is 5.15. The summed E-state index contributed by atoms with van der Waals surface area (Å²) >= 11 is 1.90. The zero-order valence-corrected chi connectivity index (χ0v) is 10.9. The molecule has 0 saturated heterocycles. The maximum absolute atomic E-state index is 5.15. The maximum atomic E-state index is 5.15. The van der Waals surface area contributed by atoms with Crippen LogP contribution >= 0.6 is 11.8 Å². The number of nitrogens with one attached hydrogen (secondary N) is 1. The molecule has 1 aromatic carbocycles. The van der Waals surface area contributed by atoms with Crippen LogP contribution in [0.2, 0.25) is 0 Å². The predicted molar refractivity (Wildman–Crippen MR) is 72.4 cm³/mol. The lowest BCUT2D eigenvalue weighted by Gasteiger charge is -2.04. The third-order valence-electron chi connectivity index (χ3n) is 2.56. The smallest absolute Gasteiger partial charge is 0.118 e. The monoisotopic (exact) mass is 248 g/mol. The predicted octanol–water partition coefficient (Wildman–Crippen LogP) is 3.34. The van der Waals surface area contributed by atoms with Crippen molar-refractivity contribution in [1.29, 1.82) is 0 Å². The second-order valence-electron chi connectivity index (χ2n) is 3.64. The second-order valence-corrected chi connectivity index (χ2v) is 4.91. The number of H-pyrrole nitrogens is 1. The molecule has 0 radical (unpaired) electrons. The lowest BCUT2D eigenvalue weighted by Crippen LogP contribution is -1.86. The number of hydrogen-bond donors (Lipinski definition) is 1. The summed E-state index contributed by atoms with van der Waals surface area (Å²) in [7, 11) is 1.68. The molecule has 0 saturated carbocycles. The van der Waals surface area contributed by atoms with E-state index in [1.54, 1.807) is 7.11 Å². The molecule has 0 amide bonds. The van der Waals surface area contributed by atoms with Gasteiger partial charge in [-0.1, -0.05) is 6.92 Å². The van der Waals surface area contributed by atoms with Gasteiger partial charge in [0.2, 0.25) is 0 Å². The van der Waals surface area contributed by atoms with Crippen LogP contribution in [-0.4, -0.2) is 23.1 Å². The van der Waals surface area contributed by atoms with Gasteiger partial charge in [-0.05, 0) is 30.0 Å². The van der Waals surface area contributed by atoms with Gasteiger partial charge >= 0.3 is 0 Å². The Morgan fingerprint density at radius 2 is 2.06 bits per heavy atom. The molecule has 1 aromatic heterocycles. The highest BCUT2D eigenvalue weighted by molar-refractivity contribution is 7.98. The number of thioether (sulfide) groups is 1. The number of hydrogen-bond acceptors (Lipinski definition) is 3. The quantitative estimate of drug-likeness (QED) is 0.882. The minimum absolute atomic E-state index is 0.873. The molecule has 0 fully saturated rings. The second kappa shape index (κ2) is 5.77. The van der Waals surface area contributed by atoms with Crippen molar-refractivity contribution in [3.63, 3.8) is 0 Å². The van der Waals surface area contributed by atoms with Crippen molar-refractivity contribution < 1.29 is 4.74 Å². The average molecular weight is 248 g/mol. The van der Waals surface area contributed by atoms with Crippen LogP contribution in [0.15, 0.2) is 30.5 Å². The number of rotatable bonds is 5. The van der Waals surface area contributed by atoms with Crippen LogP contribution in [0, 0.1) is 0 Å². The molecule has 90 valence electrons. The molecule has 0 atom stereocenters. The molecule has 1 N–H and O–H groups in total. The van der Waals surface area contributed by atoms with Crippen molar-refractivity contribution in [1.82, 2.24) is 10.2 Å². The minimum atomic E-state index is 0.873. The molecule has 2 rings (SSSR count). The minimum Gasteiger partial charge on any atom is -0.497 e. The summed E-state index contributed by atoms with van der Waals surface area (Å²) in [6.45, 7) is 2.16. The molecule has 2 aromatic rings. The van der Waals surface area contributed by atoms with Gasteiger partial charge < -0.3 is 4.74 Å². The number of aromatic nitrogens is 2. The molecule has 0 aliphatic rings. The SMILES string of the molecule is CCSCc1cn[nH]c1-c1ccc(OC)cc1. The summed E-state index contributed by atoms with van der Waals surface area (Å²) in [5.74, 6) is 2.99. The Hall–Kier alpha value is -1.42. The van der Waals surface area contributed by atoms with Gasteiger partial charge in [-0.3, -0.25) is 5.10 Å². The summed E-state index contributed by atoms with van der Waals surface area (Å²) in [6.07, 6.45) is 1.90. The Kier molecular flexibility index (Phi) is 4.09. The molecule has 17 heavy (non-hydrogen) atoms. The first-order valence-corrected chi connectivity index (χ1v) is 6.75. The Morgan fingerprint density at radius 3 is 2.71 bits per heavy atom. The first kappa shape index (κ1) is 12.0. The molecule has 0 bridgehead atoms. The van der Waals surface area contributed by atoms with Gasteiger partial charge in [0.15, 0.2) is 0 Å². The van der Waals surface area contributed by atoms with E-state index in [1.807, 2.05) is 42.2 Å². The standard InChI is InChI=1S/C13H16N2OS/c1-3-17-9-11-8-14-15-13(11)10-4-6-12(16-2)7-5-10/h4-8H,3,9H2,1-2H3,(H,14,15). The summed E-state index contributed by atoms with van der Waals surface area (Å²) in [4.78, 5) is 0. The third kappa shape index (κ3) is 2.82. The largest absolute Gasteiger partial charge is 0.497 e. The summed E-state index contributed by atoms with van der Waals surface area (Å²) in [5, 5.41) is 7.19. The van der Waals surface area contributed by atoms with E-state index < -0.39 is 0 Å². The van der Waals surface area contributed by atoms with Gasteiger partial charge in [-0.15, -0.1) is 0 Å². The van der Waals surface area contributed by atoms with E-state index in [0.29, 0.717) is 0 Å². The topological polar surface area (TPSA) is 37.9 Å². The highest BCUT2D eigenvalue weighted by Gasteiger charge is 2.07. The molecule has 1 heterocycles. The van der Waals surface area contributed by atoms with Gasteiger partial charge in [0.1, 0.15) is 5.75 Å². The van der Waals surface area contributed by atoms with E-state index in [4.69, 9.17) is 4.74 Å². The van der Waals surface area contributed by atoms with Gasteiger partial charge in [-0.2, -0.15) is 16.9 Å². The fourth-order valence-corrected chi connectivity index (χ4v) is 2.28. The van der Waals surface area contributed by atoms with Crippen molar-refractivity contribution >= 4 is 11.8 Å². The molecule has 0 spiro atoms. The van der Waals surface area contributed by atoms with Crippen LogP contribution in [-0.2, 0) is 5.75 Å². The summed E-state index contributed by atoms with van der Waals surface area (Å²) in [6, 6.07) is 8.03. The first-order chi connectivity index (χ1) is 8.35. The van der Waals surface area contributed by atoms with Gasteiger partial charge in [-0.25, -0.2) is 0 Å². The van der Waals surface area contributed by atoms with Gasteiger partial charge in [0.05, 0.1) is 19.0 Å². The van der Waals surface area contributed by atoms with Crippen LogP contribution in [0.5, 0.6) is 5.75 Å². The van der Waals surface area contributed by atoms with E-state index >= 15 is 0 Å². The highest BCUT2D eigenvalue weighted by atomic mass is 32.2. The maximum Gasteiger partial charge on any atom is 0.118 e. The van der Waals surface area contributed by atoms with E-state index in [1.165, 1.54) is 5.56 Å². The lowest BCUT2D eigenvalue weighted by atomic mass is 10.1. The van der Waals surface area contributed by atoms with E-state index in [0.717, 1.165) is 28.5 Å². The Bertz CT molecular complexity index is 465. The van der Waals surface area contributed by atoms with Crippen molar-refractivity contribution in [2.75, 3.05) is 12.9 Å². The van der Waals surface area contributed by atoms with Crippen LogP contribution in [0.1, 0.15) is 12.5 Å². The van der Waals surface area contributed by atoms with Crippen molar-refractivity contribution in [3.05, 3.63) is 36.0 Å². The van der Waals surface area contributed by atoms with Crippen LogP contribution in [0.3, 0.4) is 0 Å². The zero-order valence-electron chi connectivity index (χ0n) is 10.1. The zero-order chi connectivity index (χ0) is 12.1. The highest BCUT2D eigenvalue weighted by Crippen LogP contribution is 2.26. The molecule has 0 aliphatic heterocycles. The van der Waals surface area contributed by atoms with Crippen molar-refractivity contribution in [2.45, 2.75) is 12.7 Å². The molecule has 3 nitrogen and oxygen atoms in total. The summed E-state index contributed by atoms with van der Waals surface area (Å²) in [5.41, 5.74) is 3.51. The first-order valence-electron chi connectivity index (χ1n) is 5.59. The fourth-order valence-electron chi connectivity index (χ4n) is 1.64. The molecule has 0 aliphatic carbocycles. The number of ether oxygens (including phenoxy) is 1. The number of aromatic amines is 1. The van der Waals surface area contributed by atoms with E-state index in [9.17, 15) is 0 Å². The Morgan fingerprint density at radius 1 is 1.29 bits per heavy atom. The molecular formula is C13H16N2OS. The normalized spacial score (nSPS) is 10.5. The lowest BCUT2D eigenvalue weighted by molar-refractivity contribution is 0.415. The molecule has 4 heteroatoms. The van der Waals surface area contributed by atoms with Gasteiger partial charge in [0.25, 0.3) is 0 Å².